The number of aliphatic hydroxyl groups is 1. The number of hydrogen-bond donors (Lipinski definition) is 2. The molecule has 0 aliphatic heterocycles. The molecule has 3 aromatic carbocycles. The summed E-state index contributed by atoms with van der Waals surface area (Å²) < 4.78 is 5.27. The van der Waals surface area contributed by atoms with Crippen LogP contribution in [0.25, 0.3) is 23.3 Å². The van der Waals surface area contributed by atoms with Crippen molar-refractivity contribution in [2.75, 3.05) is 13.7 Å². The minimum absolute atomic E-state index is 0.370. The highest BCUT2D eigenvalue weighted by Gasteiger charge is 2.31. The van der Waals surface area contributed by atoms with E-state index < -0.39 is 11.4 Å². The van der Waals surface area contributed by atoms with Crippen LogP contribution < -0.4 is 4.74 Å². The normalized spacial score (nSPS) is 13.1. The smallest absolute Gasteiger partial charge is 0.311 e. The number of carboxylic acids is 1. The molecule has 0 aliphatic rings. The van der Waals surface area contributed by atoms with Crippen molar-refractivity contribution in [3.63, 3.8) is 0 Å². The number of carboxylic acid groups (broad SMARTS) is 1. The Bertz CT molecular complexity index is 1140. The molecule has 3 rings (SSSR count). The summed E-state index contributed by atoms with van der Waals surface area (Å²) in [5.74, 6) is -0.130. The predicted molar refractivity (Wildman–Crippen MR) is 134 cm³/mol. The van der Waals surface area contributed by atoms with Crippen molar-refractivity contribution in [3.8, 4) is 16.9 Å². The van der Waals surface area contributed by atoms with Gasteiger partial charge in [0.15, 0.2) is 0 Å². The van der Waals surface area contributed by atoms with Gasteiger partial charge in [-0.15, -0.1) is 0 Å². The second-order valence-electron chi connectivity index (χ2n) is 8.80. The number of ether oxygens (including phenoxy) is 1. The van der Waals surface area contributed by atoms with Crippen LogP contribution in [-0.2, 0) is 11.2 Å². The highest BCUT2D eigenvalue weighted by Crippen LogP contribution is 2.29. The van der Waals surface area contributed by atoms with Crippen molar-refractivity contribution in [2.45, 2.75) is 33.6 Å². The van der Waals surface area contributed by atoms with Crippen LogP contribution in [0, 0.1) is 19.3 Å². The maximum atomic E-state index is 11.5. The minimum Gasteiger partial charge on any atom is -0.497 e. The molecule has 2 N–H and O–H groups in total. The first-order chi connectivity index (χ1) is 15.8. The van der Waals surface area contributed by atoms with Crippen molar-refractivity contribution in [3.05, 3.63) is 88.5 Å². The molecule has 0 saturated heterocycles. The Morgan fingerprint density at radius 3 is 2.33 bits per heavy atom. The molecule has 172 valence electrons. The van der Waals surface area contributed by atoms with Crippen molar-refractivity contribution >= 4 is 18.1 Å². The van der Waals surface area contributed by atoms with Crippen LogP contribution in [0.1, 0.15) is 41.2 Å². The van der Waals surface area contributed by atoms with Gasteiger partial charge in [-0.25, -0.2) is 0 Å². The molecular weight excluding hydrogens is 412 g/mol. The monoisotopic (exact) mass is 444 g/mol. The number of methoxy groups -OCH3 is 1. The number of carbonyl (C=O) groups is 1. The van der Waals surface area contributed by atoms with E-state index in [0.717, 1.165) is 33.6 Å². The van der Waals surface area contributed by atoms with E-state index in [0.29, 0.717) is 12.8 Å². The van der Waals surface area contributed by atoms with E-state index in [9.17, 15) is 15.0 Å². The van der Waals surface area contributed by atoms with Crippen LogP contribution in [0.5, 0.6) is 5.75 Å². The lowest BCUT2D eigenvalue weighted by Crippen LogP contribution is -2.32. The molecule has 3 aromatic rings. The van der Waals surface area contributed by atoms with E-state index >= 15 is 0 Å². The summed E-state index contributed by atoms with van der Waals surface area (Å²) in [6.45, 7) is 5.41. The lowest BCUT2D eigenvalue weighted by atomic mass is 9.84. The van der Waals surface area contributed by atoms with Crippen LogP contribution in [0.3, 0.4) is 0 Å². The molecule has 33 heavy (non-hydrogen) atoms. The Kier molecular flexibility index (Phi) is 7.72. The zero-order valence-corrected chi connectivity index (χ0v) is 19.8. The second-order valence-corrected chi connectivity index (χ2v) is 8.80. The van der Waals surface area contributed by atoms with Gasteiger partial charge in [-0.05, 0) is 84.7 Å². The molecule has 0 aliphatic carbocycles. The van der Waals surface area contributed by atoms with Crippen LogP contribution in [-0.4, -0.2) is 29.9 Å². The van der Waals surface area contributed by atoms with E-state index in [2.05, 4.69) is 68.5 Å². The quantitative estimate of drug-likeness (QED) is 0.388. The van der Waals surface area contributed by atoms with E-state index in [1.807, 2.05) is 18.2 Å². The molecule has 0 saturated carbocycles. The van der Waals surface area contributed by atoms with E-state index in [1.54, 1.807) is 14.0 Å². The van der Waals surface area contributed by atoms with Crippen LogP contribution in [0.4, 0.5) is 0 Å². The van der Waals surface area contributed by atoms with Crippen molar-refractivity contribution < 1.29 is 19.7 Å². The number of hydrogen-bond acceptors (Lipinski definition) is 3. The van der Waals surface area contributed by atoms with E-state index in [-0.39, 0.29) is 6.61 Å². The molecule has 0 fully saturated rings. The fraction of sp³-hybridized carbons (Fsp3) is 0.276. The van der Waals surface area contributed by atoms with Gasteiger partial charge in [0.25, 0.3) is 0 Å². The van der Waals surface area contributed by atoms with E-state index in [4.69, 9.17) is 4.74 Å². The minimum atomic E-state index is -1.13. The number of aliphatic carboxylic acids is 1. The first-order valence-corrected chi connectivity index (χ1v) is 11.1. The van der Waals surface area contributed by atoms with Crippen LogP contribution in [0.15, 0.2) is 60.7 Å². The Morgan fingerprint density at radius 1 is 1.00 bits per heavy atom. The molecule has 0 heterocycles. The molecule has 0 spiro atoms. The van der Waals surface area contributed by atoms with Crippen molar-refractivity contribution in [1.29, 1.82) is 0 Å². The van der Waals surface area contributed by atoms with Gasteiger partial charge in [0.1, 0.15) is 5.75 Å². The van der Waals surface area contributed by atoms with Gasteiger partial charge in [-0.1, -0.05) is 60.7 Å². The first kappa shape index (κ1) is 24.3. The van der Waals surface area contributed by atoms with Crippen molar-refractivity contribution in [2.24, 2.45) is 5.41 Å². The molecule has 4 nitrogen and oxygen atoms in total. The molecular formula is C29H32O4. The molecule has 1 unspecified atom stereocenters. The summed E-state index contributed by atoms with van der Waals surface area (Å²) in [7, 11) is 1.67. The zero-order chi connectivity index (χ0) is 24.0. The first-order valence-electron chi connectivity index (χ1n) is 11.1. The number of aryl methyl sites for hydroxylation is 2. The largest absolute Gasteiger partial charge is 0.497 e. The fourth-order valence-corrected chi connectivity index (χ4v) is 3.80. The highest BCUT2D eigenvalue weighted by molar-refractivity contribution is 5.78. The number of rotatable bonds is 9. The topological polar surface area (TPSA) is 66.8 Å². The Labute approximate surface area is 196 Å². The third-order valence-electron chi connectivity index (χ3n) is 6.39. The predicted octanol–water partition coefficient (Wildman–Crippen LogP) is 6.17. The lowest BCUT2D eigenvalue weighted by Gasteiger charge is -2.21. The van der Waals surface area contributed by atoms with Gasteiger partial charge in [-0.3, -0.25) is 4.79 Å². The number of benzene rings is 3. The molecule has 0 aromatic heterocycles. The highest BCUT2D eigenvalue weighted by atomic mass is 16.5. The summed E-state index contributed by atoms with van der Waals surface area (Å²) in [5, 5.41) is 18.9. The fourth-order valence-electron chi connectivity index (χ4n) is 3.80. The molecule has 1 atom stereocenters. The summed E-state index contributed by atoms with van der Waals surface area (Å²) in [6, 6.07) is 20.6. The van der Waals surface area contributed by atoms with Gasteiger partial charge in [0, 0.05) is 0 Å². The van der Waals surface area contributed by atoms with Gasteiger partial charge in [-0.2, -0.15) is 0 Å². The van der Waals surface area contributed by atoms with Gasteiger partial charge in [0.05, 0.1) is 19.1 Å². The average molecular weight is 445 g/mol. The summed E-state index contributed by atoms with van der Waals surface area (Å²) in [4.78, 5) is 11.5. The summed E-state index contributed by atoms with van der Waals surface area (Å²) >= 11 is 0. The Balaban J connectivity index is 1.83. The van der Waals surface area contributed by atoms with Crippen LogP contribution in [0.2, 0.25) is 0 Å². The maximum Gasteiger partial charge on any atom is 0.311 e. The SMILES string of the molecule is COc1ccc(-c2cccc(/C=C/c3cc(CCC(C)(CO)C(=O)O)ccc3C)c2C)cc1. The Hall–Kier alpha value is -3.37. The van der Waals surface area contributed by atoms with Gasteiger partial charge >= 0.3 is 5.97 Å². The molecule has 4 heteroatoms. The average Bonchev–Trinajstić information content (AvgIpc) is 2.83. The third kappa shape index (κ3) is 5.71. The van der Waals surface area contributed by atoms with Gasteiger partial charge in [0.2, 0.25) is 0 Å². The summed E-state index contributed by atoms with van der Waals surface area (Å²) in [5.41, 5.74) is 6.86. The van der Waals surface area contributed by atoms with Crippen LogP contribution >= 0.6 is 0 Å². The Morgan fingerprint density at radius 2 is 1.70 bits per heavy atom. The standard InChI is InChI=1S/C29H32O4/c1-20-8-9-22(16-17-29(3,19-30)28(31)32)18-25(20)11-10-23-6-5-7-27(21(23)2)24-12-14-26(33-4)15-13-24/h5-15,18,30H,16-17,19H2,1-4H3,(H,31,32)/b11-10+. The van der Waals surface area contributed by atoms with Crippen molar-refractivity contribution in [1.82, 2.24) is 0 Å². The maximum absolute atomic E-state index is 11.5. The lowest BCUT2D eigenvalue weighted by molar-refractivity contribution is -0.150. The number of aliphatic hydroxyl groups excluding tert-OH is 1. The van der Waals surface area contributed by atoms with Gasteiger partial charge < -0.3 is 14.9 Å². The summed E-state index contributed by atoms with van der Waals surface area (Å²) in [6.07, 6.45) is 5.22. The molecule has 0 bridgehead atoms. The van der Waals surface area contributed by atoms with E-state index in [1.165, 1.54) is 11.1 Å². The zero-order valence-electron chi connectivity index (χ0n) is 19.8. The molecule has 0 amide bonds. The molecule has 0 radical (unpaired) electrons. The third-order valence-corrected chi connectivity index (χ3v) is 6.39. The second kappa shape index (κ2) is 10.5.